The lowest BCUT2D eigenvalue weighted by atomic mass is 10.2. The molecule has 5 heteroatoms. The molecule has 0 bridgehead atoms. The molecule has 0 aliphatic heterocycles. The van der Waals surface area contributed by atoms with Gasteiger partial charge < -0.3 is 14.4 Å². The predicted molar refractivity (Wildman–Crippen MR) is 85.6 cm³/mol. The Bertz CT molecular complexity index is 605. The first kappa shape index (κ1) is 15.8. The molecule has 0 heterocycles. The molecule has 1 unspecified atom stereocenters. The van der Waals surface area contributed by atoms with Gasteiger partial charge in [-0.05, 0) is 24.6 Å². The minimum Gasteiger partial charge on any atom is -0.368 e. The largest absolute Gasteiger partial charge is 0.368 e. The fourth-order valence-electron chi connectivity index (χ4n) is 2.07. The molecule has 0 aliphatic carbocycles. The molecule has 2 aromatic carbocycles. The summed E-state index contributed by atoms with van der Waals surface area (Å²) in [6, 6.07) is 17.4. The third kappa shape index (κ3) is 3.73. The third-order valence-corrected chi connectivity index (χ3v) is 5.37. The van der Waals surface area contributed by atoms with Crippen LogP contribution in [-0.4, -0.2) is 14.2 Å². The SMILES string of the molecule is COP(=O)(OC)C(Nc1ccc(C)cc1)c1ccccc1. The summed E-state index contributed by atoms with van der Waals surface area (Å²) in [5, 5.41) is 3.25. The molecule has 112 valence electrons. The van der Waals surface area contributed by atoms with Gasteiger partial charge in [0.25, 0.3) is 0 Å². The Hall–Kier alpha value is -1.61. The lowest BCUT2D eigenvalue weighted by Crippen LogP contribution is -2.13. The highest BCUT2D eigenvalue weighted by Gasteiger charge is 2.35. The first-order chi connectivity index (χ1) is 10.1. The van der Waals surface area contributed by atoms with E-state index in [1.165, 1.54) is 19.8 Å². The summed E-state index contributed by atoms with van der Waals surface area (Å²) in [7, 11) is -0.502. The summed E-state index contributed by atoms with van der Waals surface area (Å²) in [5.41, 5.74) is 2.88. The smallest absolute Gasteiger partial charge is 0.356 e. The van der Waals surface area contributed by atoms with Crippen LogP contribution >= 0.6 is 7.60 Å². The van der Waals surface area contributed by atoms with Crippen molar-refractivity contribution < 1.29 is 13.6 Å². The zero-order valence-corrected chi connectivity index (χ0v) is 13.3. The molecular weight excluding hydrogens is 285 g/mol. The van der Waals surface area contributed by atoms with Crippen LogP contribution in [0.15, 0.2) is 54.6 Å². The number of benzene rings is 2. The van der Waals surface area contributed by atoms with Crippen LogP contribution in [0.25, 0.3) is 0 Å². The highest BCUT2D eigenvalue weighted by molar-refractivity contribution is 7.54. The maximum atomic E-state index is 12.8. The highest BCUT2D eigenvalue weighted by Crippen LogP contribution is 2.59. The van der Waals surface area contributed by atoms with Gasteiger partial charge in [0.1, 0.15) is 0 Å². The van der Waals surface area contributed by atoms with Crippen LogP contribution in [-0.2, 0) is 13.6 Å². The normalized spacial score (nSPS) is 12.9. The Labute approximate surface area is 125 Å². The van der Waals surface area contributed by atoms with E-state index in [0.717, 1.165) is 11.3 Å². The Morgan fingerprint density at radius 3 is 2.05 bits per heavy atom. The van der Waals surface area contributed by atoms with Gasteiger partial charge in [-0.3, -0.25) is 4.57 Å². The van der Waals surface area contributed by atoms with E-state index in [1.54, 1.807) is 0 Å². The first-order valence-corrected chi connectivity index (χ1v) is 8.29. The van der Waals surface area contributed by atoms with Gasteiger partial charge in [-0.25, -0.2) is 0 Å². The van der Waals surface area contributed by atoms with E-state index in [4.69, 9.17) is 9.05 Å². The summed E-state index contributed by atoms with van der Waals surface area (Å²) in [6.07, 6.45) is 0. The van der Waals surface area contributed by atoms with Gasteiger partial charge in [0.15, 0.2) is 5.78 Å². The van der Waals surface area contributed by atoms with Crippen LogP contribution < -0.4 is 5.32 Å². The molecule has 0 spiro atoms. The van der Waals surface area contributed by atoms with Gasteiger partial charge in [-0.15, -0.1) is 0 Å². The summed E-state index contributed by atoms with van der Waals surface area (Å²) >= 11 is 0. The second-order valence-electron chi connectivity index (χ2n) is 4.73. The lowest BCUT2D eigenvalue weighted by molar-refractivity contribution is 0.268. The average Bonchev–Trinajstić information content (AvgIpc) is 2.54. The first-order valence-electron chi connectivity index (χ1n) is 6.68. The van der Waals surface area contributed by atoms with E-state index < -0.39 is 13.4 Å². The molecule has 0 fully saturated rings. The van der Waals surface area contributed by atoms with Crippen molar-refractivity contribution in [2.45, 2.75) is 12.7 Å². The molecule has 0 amide bonds. The van der Waals surface area contributed by atoms with Gasteiger partial charge in [-0.2, -0.15) is 0 Å². The monoisotopic (exact) mass is 305 g/mol. The van der Waals surface area contributed by atoms with E-state index >= 15 is 0 Å². The molecule has 2 aromatic rings. The van der Waals surface area contributed by atoms with Gasteiger partial charge in [0, 0.05) is 19.9 Å². The number of anilines is 1. The summed E-state index contributed by atoms with van der Waals surface area (Å²) in [6.45, 7) is 2.02. The van der Waals surface area contributed by atoms with Crippen molar-refractivity contribution in [2.75, 3.05) is 19.5 Å². The van der Waals surface area contributed by atoms with Crippen LogP contribution in [0.1, 0.15) is 16.9 Å². The highest BCUT2D eigenvalue weighted by atomic mass is 31.2. The maximum Gasteiger partial charge on any atom is 0.356 e. The van der Waals surface area contributed by atoms with Crippen molar-refractivity contribution in [3.63, 3.8) is 0 Å². The van der Waals surface area contributed by atoms with Crippen LogP contribution in [0.3, 0.4) is 0 Å². The number of nitrogens with one attached hydrogen (secondary N) is 1. The molecule has 0 radical (unpaired) electrons. The van der Waals surface area contributed by atoms with Gasteiger partial charge >= 0.3 is 7.60 Å². The van der Waals surface area contributed by atoms with E-state index in [0.29, 0.717) is 0 Å². The average molecular weight is 305 g/mol. The van der Waals surface area contributed by atoms with Crippen molar-refractivity contribution >= 4 is 13.3 Å². The van der Waals surface area contributed by atoms with Crippen LogP contribution in [0, 0.1) is 6.92 Å². The number of rotatable bonds is 6. The molecule has 0 aromatic heterocycles. The minimum absolute atomic E-state index is 0.559. The minimum atomic E-state index is -3.30. The molecule has 1 N–H and O–H groups in total. The maximum absolute atomic E-state index is 12.8. The standard InChI is InChI=1S/C16H20NO3P/c1-13-9-11-15(12-10-13)17-16(21(18,19-2)20-3)14-7-5-4-6-8-14/h4-12,16-17H,1-3H3. The molecular formula is C16H20NO3P. The quantitative estimate of drug-likeness (QED) is 0.793. The van der Waals surface area contributed by atoms with Crippen molar-refractivity contribution in [2.24, 2.45) is 0 Å². The van der Waals surface area contributed by atoms with Crippen molar-refractivity contribution in [3.05, 3.63) is 65.7 Å². The lowest BCUT2D eigenvalue weighted by Gasteiger charge is -2.26. The number of hydrogen-bond acceptors (Lipinski definition) is 4. The molecule has 2 rings (SSSR count). The van der Waals surface area contributed by atoms with E-state index in [9.17, 15) is 4.57 Å². The van der Waals surface area contributed by atoms with Crippen molar-refractivity contribution in [1.29, 1.82) is 0 Å². The second kappa shape index (κ2) is 6.90. The predicted octanol–water partition coefficient (Wildman–Crippen LogP) is 4.59. The molecule has 0 saturated heterocycles. The van der Waals surface area contributed by atoms with Crippen LogP contribution in [0.4, 0.5) is 5.69 Å². The number of hydrogen-bond donors (Lipinski definition) is 1. The van der Waals surface area contributed by atoms with E-state index in [1.807, 2.05) is 61.5 Å². The molecule has 1 atom stereocenters. The fraction of sp³-hybridized carbons (Fsp3) is 0.250. The Kier molecular flexibility index (Phi) is 5.18. The molecule has 0 aliphatic rings. The second-order valence-corrected chi connectivity index (χ2v) is 7.05. The third-order valence-electron chi connectivity index (χ3n) is 3.30. The Morgan fingerprint density at radius 2 is 1.52 bits per heavy atom. The van der Waals surface area contributed by atoms with Crippen molar-refractivity contribution in [1.82, 2.24) is 0 Å². The zero-order valence-electron chi connectivity index (χ0n) is 12.4. The zero-order chi connectivity index (χ0) is 15.3. The van der Waals surface area contributed by atoms with E-state index in [2.05, 4.69) is 5.32 Å². The van der Waals surface area contributed by atoms with Crippen LogP contribution in [0.5, 0.6) is 0 Å². The summed E-state index contributed by atoms with van der Waals surface area (Å²) in [4.78, 5) is 0. The number of aryl methyl sites for hydroxylation is 1. The topological polar surface area (TPSA) is 47.6 Å². The molecule has 0 saturated carbocycles. The molecule has 21 heavy (non-hydrogen) atoms. The fourth-order valence-corrected chi connectivity index (χ4v) is 3.49. The van der Waals surface area contributed by atoms with Crippen LogP contribution in [0.2, 0.25) is 0 Å². The molecule has 4 nitrogen and oxygen atoms in total. The Balaban J connectivity index is 2.37. The summed E-state index contributed by atoms with van der Waals surface area (Å²) in [5.74, 6) is -0.559. The van der Waals surface area contributed by atoms with Gasteiger partial charge in [0.2, 0.25) is 0 Å². The van der Waals surface area contributed by atoms with Crippen molar-refractivity contribution in [3.8, 4) is 0 Å². The summed E-state index contributed by atoms with van der Waals surface area (Å²) < 4.78 is 23.2. The Morgan fingerprint density at radius 1 is 0.952 bits per heavy atom. The van der Waals surface area contributed by atoms with E-state index in [-0.39, 0.29) is 0 Å². The van der Waals surface area contributed by atoms with Gasteiger partial charge in [-0.1, -0.05) is 48.0 Å². The van der Waals surface area contributed by atoms with Gasteiger partial charge in [0.05, 0.1) is 0 Å².